The van der Waals surface area contributed by atoms with Crippen LogP contribution >= 0.6 is 0 Å². The SMILES string of the molecule is COc1ccc(C2CNCC(Cc3ccc(F)cc3)N2c2nc(N)nc(N)n2)cc1OC. The predicted molar refractivity (Wildman–Crippen MR) is 120 cm³/mol. The number of nitrogens with two attached hydrogens (primary N) is 2. The van der Waals surface area contributed by atoms with Gasteiger partial charge in [0.1, 0.15) is 5.82 Å². The monoisotopic (exact) mass is 439 g/mol. The second-order valence-corrected chi connectivity index (χ2v) is 7.53. The maximum atomic E-state index is 13.4. The van der Waals surface area contributed by atoms with E-state index in [9.17, 15) is 4.39 Å². The Morgan fingerprint density at radius 2 is 1.66 bits per heavy atom. The van der Waals surface area contributed by atoms with Gasteiger partial charge in [0.05, 0.1) is 20.3 Å². The molecule has 0 saturated carbocycles. The van der Waals surface area contributed by atoms with E-state index in [0.29, 0.717) is 37.0 Å². The van der Waals surface area contributed by atoms with Crippen LogP contribution in [-0.2, 0) is 6.42 Å². The van der Waals surface area contributed by atoms with Crippen LogP contribution in [0.3, 0.4) is 0 Å². The van der Waals surface area contributed by atoms with Gasteiger partial charge in [-0.05, 0) is 41.8 Å². The zero-order valence-corrected chi connectivity index (χ0v) is 18.0. The van der Waals surface area contributed by atoms with Gasteiger partial charge in [0, 0.05) is 19.1 Å². The van der Waals surface area contributed by atoms with Gasteiger partial charge in [-0.1, -0.05) is 18.2 Å². The maximum Gasteiger partial charge on any atom is 0.232 e. The van der Waals surface area contributed by atoms with Gasteiger partial charge in [-0.15, -0.1) is 0 Å². The zero-order chi connectivity index (χ0) is 22.7. The third-order valence-electron chi connectivity index (χ3n) is 5.51. The first-order valence-corrected chi connectivity index (χ1v) is 10.2. The number of ether oxygens (including phenoxy) is 2. The van der Waals surface area contributed by atoms with Gasteiger partial charge in [-0.25, -0.2) is 4.39 Å². The molecule has 1 aliphatic heterocycles. The number of benzene rings is 2. The standard InChI is InChI=1S/C22H26FN7O2/c1-31-18-8-5-14(10-19(18)32-2)17-12-26-11-16(9-13-3-6-15(23)7-4-13)30(17)22-28-20(24)27-21(25)29-22/h3-8,10,16-17,26H,9,11-12H2,1-2H3,(H4,24,25,27,28,29). The highest BCUT2D eigenvalue weighted by molar-refractivity contribution is 5.49. The fourth-order valence-electron chi connectivity index (χ4n) is 4.05. The highest BCUT2D eigenvalue weighted by Gasteiger charge is 2.34. The minimum Gasteiger partial charge on any atom is -0.493 e. The van der Waals surface area contributed by atoms with Crippen LogP contribution in [0.2, 0.25) is 0 Å². The van der Waals surface area contributed by atoms with Crippen molar-refractivity contribution >= 4 is 17.8 Å². The summed E-state index contributed by atoms with van der Waals surface area (Å²) in [4.78, 5) is 14.7. The first-order valence-electron chi connectivity index (χ1n) is 10.2. The third kappa shape index (κ3) is 4.50. The predicted octanol–water partition coefficient (Wildman–Crippen LogP) is 1.95. The Hall–Kier alpha value is -3.66. The summed E-state index contributed by atoms with van der Waals surface area (Å²) >= 11 is 0. The van der Waals surface area contributed by atoms with Gasteiger partial charge >= 0.3 is 0 Å². The molecule has 9 nitrogen and oxygen atoms in total. The Kier molecular flexibility index (Phi) is 6.22. The van der Waals surface area contributed by atoms with E-state index in [1.54, 1.807) is 26.4 Å². The third-order valence-corrected chi connectivity index (χ3v) is 5.51. The molecule has 0 amide bonds. The van der Waals surface area contributed by atoms with E-state index in [1.807, 2.05) is 18.2 Å². The summed E-state index contributed by atoms with van der Waals surface area (Å²) < 4.78 is 24.3. The first-order chi connectivity index (χ1) is 15.5. The lowest BCUT2D eigenvalue weighted by atomic mass is 9.96. The van der Waals surface area contributed by atoms with E-state index in [2.05, 4.69) is 25.2 Å². The van der Waals surface area contributed by atoms with Gasteiger partial charge in [0.15, 0.2) is 11.5 Å². The zero-order valence-electron chi connectivity index (χ0n) is 18.0. The Bertz CT molecular complexity index is 1060. The average Bonchev–Trinajstić information content (AvgIpc) is 2.79. The van der Waals surface area contributed by atoms with E-state index in [-0.39, 0.29) is 29.8 Å². The number of anilines is 3. The van der Waals surface area contributed by atoms with Gasteiger partial charge in [0.2, 0.25) is 17.8 Å². The van der Waals surface area contributed by atoms with Crippen LogP contribution in [0.25, 0.3) is 0 Å². The van der Waals surface area contributed by atoms with Crippen LogP contribution in [0.1, 0.15) is 17.2 Å². The summed E-state index contributed by atoms with van der Waals surface area (Å²) in [5.41, 5.74) is 13.7. The highest BCUT2D eigenvalue weighted by atomic mass is 19.1. The summed E-state index contributed by atoms with van der Waals surface area (Å²) in [6.45, 7) is 1.31. The molecule has 2 heterocycles. The lowest BCUT2D eigenvalue weighted by Crippen LogP contribution is -2.54. The first kappa shape index (κ1) is 21.6. The fraction of sp³-hybridized carbons (Fsp3) is 0.318. The minimum absolute atomic E-state index is 0.0477. The van der Waals surface area contributed by atoms with Crippen LogP contribution in [-0.4, -0.2) is 48.3 Å². The van der Waals surface area contributed by atoms with Crippen LogP contribution in [0.5, 0.6) is 11.5 Å². The van der Waals surface area contributed by atoms with Crippen LogP contribution in [0, 0.1) is 5.82 Å². The van der Waals surface area contributed by atoms with E-state index >= 15 is 0 Å². The minimum atomic E-state index is -0.270. The van der Waals surface area contributed by atoms with Crippen LogP contribution in [0.15, 0.2) is 42.5 Å². The van der Waals surface area contributed by atoms with Crippen molar-refractivity contribution in [1.82, 2.24) is 20.3 Å². The molecule has 2 unspecified atom stereocenters. The lowest BCUT2D eigenvalue weighted by molar-refractivity contribution is 0.352. The fourth-order valence-corrected chi connectivity index (χ4v) is 4.05. The van der Waals surface area contributed by atoms with E-state index in [4.69, 9.17) is 20.9 Å². The molecule has 4 rings (SSSR count). The Morgan fingerprint density at radius 1 is 0.969 bits per heavy atom. The second kappa shape index (κ2) is 9.23. The normalized spacial score (nSPS) is 18.4. The van der Waals surface area contributed by atoms with E-state index < -0.39 is 0 Å². The molecule has 0 bridgehead atoms. The molecule has 1 saturated heterocycles. The summed E-state index contributed by atoms with van der Waals surface area (Å²) in [5.74, 6) is 1.50. The number of methoxy groups -OCH3 is 2. The van der Waals surface area contributed by atoms with E-state index in [1.165, 1.54) is 12.1 Å². The van der Waals surface area contributed by atoms with Gasteiger partial charge < -0.3 is 31.2 Å². The van der Waals surface area contributed by atoms with Gasteiger partial charge in [-0.2, -0.15) is 15.0 Å². The van der Waals surface area contributed by atoms with Crippen molar-refractivity contribution < 1.29 is 13.9 Å². The van der Waals surface area contributed by atoms with Crippen molar-refractivity contribution in [2.24, 2.45) is 0 Å². The molecular formula is C22H26FN7O2. The van der Waals surface area contributed by atoms with Crippen molar-refractivity contribution in [3.05, 3.63) is 59.4 Å². The largest absolute Gasteiger partial charge is 0.493 e. The smallest absolute Gasteiger partial charge is 0.232 e. The number of halogens is 1. The summed E-state index contributed by atoms with van der Waals surface area (Å²) in [5, 5.41) is 3.49. The van der Waals surface area contributed by atoms with Crippen molar-refractivity contribution in [2.75, 3.05) is 43.7 Å². The molecule has 0 aliphatic carbocycles. The number of piperazine rings is 1. The molecule has 168 valence electrons. The van der Waals surface area contributed by atoms with Crippen LogP contribution in [0.4, 0.5) is 22.2 Å². The molecule has 2 aromatic carbocycles. The molecule has 0 spiro atoms. The van der Waals surface area contributed by atoms with Gasteiger partial charge in [-0.3, -0.25) is 0 Å². The molecule has 1 fully saturated rings. The average molecular weight is 439 g/mol. The van der Waals surface area contributed by atoms with Crippen molar-refractivity contribution in [3.8, 4) is 11.5 Å². The second-order valence-electron chi connectivity index (χ2n) is 7.53. The number of hydrogen-bond donors (Lipinski definition) is 3. The summed E-state index contributed by atoms with van der Waals surface area (Å²) in [6.07, 6.45) is 0.641. The van der Waals surface area contributed by atoms with Crippen molar-refractivity contribution in [3.63, 3.8) is 0 Å². The quantitative estimate of drug-likeness (QED) is 0.528. The molecule has 32 heavy (non-hydrogen) atoms. The molecule has 5 N–H and O–H groups in total. The molecule has 1 aliphatic rings. The molecule has 0 radical (unpaired) electrons. The maximum absolute atomic E-state index is 13.4. The molecular weight excluding hydrogens is 413 g/mol. The summed E-state index contributed by atoms with van der Waals surface area (Å²) in [7, 11) is 3.20. The lowest BCUT2D eigenvalue weighted by Gasteiger charge is -2.43. The summed E-state index contributed by atoms with van der Waals surface area (Å²) in [6, 6.07) is 12.1. The Labute approximate surface area is 185 Å². The Morgan fingerprint density at radius 3 is 2.31 bits per heavy atom. The molecule has 2 atom stereocenters. The number of nitrogens with zero attached hydrogens (tertiary/aromatic N) is 4. The number of aromatic nitrogens is 3. The van der Waals surface area contributed by atoms with Crippen molar-refractivity contribution in [1.29, 1.82) is 0 Å². The topological polar surface area (TPSA) is 124 Å². The van der Waals surface area contributed by atoms with Crippen molar-refractivity contribution in [2.45, 2.75) is 18.5 Å². The van der Waals surface area contributed by atoms with Crippen LogP contribution < -0.4 is 31.2 Å². The molecule has 3 aromatic rings. The number of hydrogen-bond acceptors (Lipinski definition) is 9. The van der Waals surface area contributed by atoms with E-state index in [0.717, 1.165) is 11.1 Å². The van der Waals surface area contributed by atoms with Gasteiger partial charge in [0.25, 0.3) is 0 Å². The Balaban J connectivity index is 1.76. The number of rotatable bonds is 6. The molecule has 10 heteroatoms. The number of nitrogen functional groups attached to an aromatic ring is 2. The molecule has 1 aromatic heterocycles. The highest BCUT2D eigenvalue weighted by Crippen LogP contribution is 2.35. The number of nitrogens with one attached hydrogen (secondary N) is 1.